The van der Waals surface area contributed by atoms with Gasteiger partial charge in [-0.1, -0.05) is 11.6 Å². The molecule has 0 bridgehead atoms. The second-order valence-electron chi connectivity index (χ2n) is 3.72. The lowest BCUT2D eigenvalue weighted by Gasteiger charge is -2.17. The van der Waals surface area contributed by atoms with E-state index in [2.05, 4.69) is 0 Å². The van der Waals surface area contributed by atoms with Gasteiger partial charge in [0.2, 0.25) is 0 Å². The monoisotopic (exact) mass is 275 g/mol. The normalized spacial score (nSPS) is 12.3. The molecule has 0 heterocycles. The van der Waals surface area contributed by atoms with Gasteiger partial charge < -0.3 is 25.1 Å². The van der Waals surface area contributed by atoms with Crippen molar-refractivity contribution in [1.29, 1.82) is 0 Å². The SMILES string of the molecule is COCC(O)COc1c(CN)cc(Cl)cc1OC. The molecule has 0 aliphatic carbocycles. The first-order valence-corrected chi connectivity index (χ1v) is 5.86. The highest BCUT2D eigenvalue weighted by Gasteiger charge is 2.14. The van der Waals surface area contributed by atoms with Crippen molar-refractivity contribution in [2.75, 3.05) is 27.4 Å². The van der Waals surface area contributed by atoms with Crippen LogP contribution in [0.2, 0.25) is 5.02 Å². The van der Waals surface area contributed by atoms with E-state index < -0.39 is 6.10 Å². The van der Waals surface area contributed by atoms with Gasteiger partial charge >= 0.3 is 0 Å². The average Bonchev–Trinajstić information content (AvgIpc) is 2.36. The molecule has 1 aromatic rings. The van der Waals surface area contributed by atoms with Crippen LogP contribution in [-0.4, -0.2) is 38.6 Å². The topological polar surface area (TPSA) is 73.9 Å². The van der Waals surface area contributed by atoms with Crippen molar-refractivity contribution >= 4 is 11.6 Å². The Hall–Kier alpha value is -1.01. The predicted octanol–water partition coefficient (Wildman–Crippen LogP) is 1.19. The third-order valence-electron chi connectivity index (χ3n) is 2.32. The summed E-state index contributed by atoms with van der Waals surface area (Å²) in [7, 11) is 3.03. The van der Waals surface area contributed by atoms with Crippen LogP contribution in [0, 0.1) is 0 Å². The Labute approximate surface area is 111 Å². The summed E-state index contributed by atoms with van der Waals surface area (Å²) in [5, 5.41) is 10.1. The van der Waals surface area contributed by atoms with Crippen LogP contribution in [0.3, 0.4) is 0 Å². The third kappa shape index (κ3) is 4.03. The number of rotatable bonds is 7. The zero-order valence-corrected chi connectivity index (χ0v) is 11.2. The average molecular weight is 276 g/mol. The molecule has 1 atom stereocenters. The molecule has 5 nitrogen and oxygen atoms in total. The van der Waals surface area contributed by atoms with Crippen LogP contribution in [0.1, 0.15) is 5.56 Å². The second kappa shape index (κ2) is 7.43. The lowest BCUT2D eigenvalue weighted by molar-refractivity contribution is 0.0317. The van der Waals surface area contributed by atoms with Crippen LogP contribution in [0.5, 0.6) is 11.5 Å². The zero-order valence-electron chi connectivity index (χ0n) is 10.5. The van der Waals surface area contributed by atoms with Gasteiger partial charge in [0.1, 0.15) is 12.7 Å². The van der Waals surface area contributed by atoms with E-state index in [0.29, 0.717) is 16.5 Å². The largest absolute Gasteiger partial charge is 0.493 e. The van der Waals surface area contributed by atoms with Gasteiger partial charge in [0.15, 0.2) is 11.5 Å². The van der Waals surface area contributed by atoms with Crippen LogP contribution < -0.4 is 15.2 Å². The number of nitrogens with two attached hydrogens (primary N) is 1. The summed E-state index contributed by atoms with van der Waals surface area (Å²) in [5.74, 6) is 0.993. The summed E-state index contributed by atoms with van der Waals surface area (Å²) in [4.78, 5) is 0. The van der Waals surface area contributed by atoms with Crippen molar-refractivity contribution in [2.45, 2.75) is 12.6 Å². The Kier molecular flexibility index (Phi) is 6.21. The maximum absolute atomic E-state index is 9.54. The molecule has 18 heavy (non-hydrogen) atoms. The summed E-state index contributed by atoms with van der Waals surface area (Å²) >= 11 is 5.93. The predicted molar refractivity (Wildman–Crippen MR) is 69.3 cm³/mol. The highest BCUT2D eigenvalue weighted by molar-refractivity contribution is 6.30. The second-order valence-corrected chi connectivity index (χ2v) is 4.16. The number of ether oxygens (including phenoxy) is 3. The Balaban J connectivity index is 2.85. The van der Waals surface area contributed by atoms with E-state index in [9.17, 15) is 5.11 Å². The molecule has 1 unspecified atom stereocenters. The maximum Gasteiger partial charge on any atom is 0.165 e. The van der Waals surface area contributed by atoms with E-state index in [4.69, 9.17) is 31.5 Å². The minimum Gasteiger partial charge on any atom is -0.493 e. The molecule has 0 amide bonds. The molecule has 102 valence electrons. The minimum atomic E-state index is -0.707. The molecule has 1 aromatic carbocycles. The first-order valence-electron chi connectivity index (χ1n) is 5.48. The zero-order chi connectivity index (χ0) is 13.5. The van der Waals surface area contributed by atoms with Gasteiger partial charge in [-0.15, -0.1) is 0 Å². The highest BCUT2D eigenvalue weighted by atomic mass is 35.5. The van der Waals surface area contributed by atoms with Crippen LogP contribution in [-0.2, 0) is 11.3 Å². The molecule has 0 aliphatic rings. The number of benzene rings is 1. The minimum absolute atomic E-state index is 0.0961. The Morgan fingerprint density at radius 3 is 2.61 bits per heavy atom. The maximum atomic E-state index is 9.54. The van der Waals surface area contributed by atoms with E-state index in [1.165, 1.54) is 14.2 Å². The van der Waals surface area contributed by atoms with Gasteiger partial charge in [0.25, 0.3) is 0 Å². The lowest BCUT2D eigenvalue weighted by Crippen LogP contribution is -2.23. The summed E-state index contributed by atoms with van der Waals surface area (Å²) < 4.78 is 15.5. The van der Waals surface area contributed by atoms with Crippen LogP contribution in [0.15, 0.2) is 12.1 Å². The molecule has 0 saturated heterocycles. The summed E-state index contributed by atoms with van der Waals surface area (Å²) in [5.41, 5.74) is 6.35. The smallest absolute Gasteiger partial charge is 0.165 e. The molecule has 0 radical (unpaired) electrons. The first-order chi connectivity index (χ1) is 8.62. The van der Waals surface area contributed by atoms with Crippen molar-refractivity contribution in [3.8, 4) is 11.5 Å². The van der Waals surface area contributed by atoms with Crippen molar-refractivity contribution < 1.29 is 19.3 Å². The van der Waals surface area contributed by atoms with Crippen molar-refractivity contribution in [2.24, 2.45) is 5.73 Å². The third-order valence-corrected chi connectivity index (χ3v) is 2.53. The number of hydrogen-bond donors (Lipinski definition) is 2. The first kappa shape index (κ1) is 15.0. The summed E-state index contributed by atoms with van der Waals surface area (Å²) in [6, 6.07) is 3.35. The van der Waals surface area contributed by atoms with E-state index >= 15 is 0 Å². The van der Waals surface area contributed by atoms with Gasteiger partial charge in [-0.2, -0.15) is 0 Å². The van der Waals surface area contributed by atoms with Gasteiger partial charge in [0, 0.05) is 30.3 Å². The fourth-order valence-electron chi connectivity index (χ4n) is 1.51. The van der Waals surface area contributed by atoms with E-state index in [-0.39, 0.29) is 19.8 Å². The Morgan fingerprint density at radius 1 is 1.33 bits per heavy atom. The summed E-state index contributed by atoms with van der Waals surface area (Å²) in [6.07, 6.45) is -0.707. The Morgan fingerprint density at radius 2 is 2.06 bits per heavy atom. The van der Waals surface area contributed by atoms with E-state index in [1.807, 2.05) is 0 Å². The Bertz CT molecular complexity index is 361. The number of halogens is 1. The van der Waals surface area contributed by atoms with Gasteiger partial charge in [-0.05, 0) is 6.07 Å². The molecule has 0 aromatic heterocycles. The number of aliphatic hydroxyl groups excluding tert-OH is 1. The van der Waals surface area contributed by atoms with E-state index in [1.54, 1.807) is 12.1 Å². The lowest BCUT2D eigenvalue weighted by atomic mass is 10.2. The fraction of sp³-hybridized carbons (Fsp3) is 0.500. The van der Waals surface area contributed by atoms with Gasteiger partial charge in [-0.3, -0.25) is 0 Å². The molecular weight excluding hydrogens is 258 g/mol. The van der Waals surface area contributed by atoms with Crippen molar-refractivity contribution in [1.82, 2.24) is 0 Å². The number of methoxy groups -OCH3 is 2. The highest BCUT2D eigenvalue weighted by Crippen LogP contribution is 2.34. The number of hydrogen-bond acceptors (Lipinski definition) is 5. The standard InChI is InChI=1S/C12H18ClNO4/c1-16-6-10(15)7-18-12-8(5-14)3-9(13)4-11(12)17-2/h3-4,10,15H,5-7,14H2,1-2H3. The molecule has 0 fully saturated rings. The van der Waals surface area contributed by atoms with Crippen molar-refractivity contribution in [3.63, 3.8) is 0 Å². The molecule has 0 aliphatic heterocycles. The van der Waals surface area contributed by atoms with Gasteiger partial charge in [-0.25, -0.2) is 0 Å². The molecule has 3 N–H and O–H groups in total. The quantitative estimate of drug-likeness (QED) is 0.782. The van der Waals surface area contributed by atoms with E-state index in [0.717, 1.165) is 5.56 Å². The van der Waals surface area contributed by atoms with Crippen LogP contribution >= 0.6 is 11.6 Å². The van der Waals surface area contributed by atoms with Crippen LogP contribution in [0.25, 0.3) is 0 Å². The summed E-state index contributed by atoms with van der Waals surface area (Å²) in [6.45, 7) is 0.569. The molecular formula is C12H18ClNO4. The van der Waals surface area contributed by atoms with Crippen molar-refractivity contribution in [3.05, 3.63) is 22.7 Å². The molecule has 0 spiro atoms. The van der Waals surface area contributed by atoms with Crippen LogP contribution in [0.4, 0.5) is 0 Å². The number of aliphatic hydroxyl groups is 1. The molecule has 0 saturated carbocycles. The fourth-order valence-corrected chi connectivity index (χ4v) is 1.74. The molecule has 1 rings (SSSR count). The van der Waals surface area contributed by atoms with Gasteiger partial charge in [0.05, 0.1) is 13.7 Å². The molecule has 6 heteroatoms.